The smallest absolute Gasteiger partial charge is 0.0406 e. The number of nitrogens with one attached hydrogen (secondary N) is 1. The summed E-state index contributed by atoms with van der Waals surface area (Å²) in [5.41, 5.74) is 1.37. The Morgan fingerprint density at radius 1 is 1.35 bits per heavy atom. The molecule has 1 N–H and O–H groups in total. The van der Waals surface area contributed by atoms with Crippen molar-refractivity contribution >= 4 is 11.6 Å². The highest BCUT2D eigenvalue weighted by molar-refractivity contribution is 6.30. The molecule has 0 amide bonds. The normalized spacial score (nSPS) is 20.1. The van der Waals surface area contributed by atoms with E-state index in [1.54, 1.807) is 0 Å². The van der Waals surface area contributed by atoms with Gasteiger partial charge in [-0.15, -0.1) is 0 Å². The summed E-state index contributed by atoms with van der Waals surface area (Å²) in [6.07, 6.45) is 2.40. The van der Waals surface area contributed by atoms with Gasteiger partial charge in [0.2, 0.25) is 0 Å². The summed E-state index contributed by atoms with van der Waals surface area (Å²) in [7, 11) is 0. The molecule has 0 radical (unpaired) electrons. The molecule has 1 fully saturated rings. The molecule has 1 saturated heterocycles. The summed E-state index contributed by atoms with van der Waals surface area (Å²) < 4.78 is 0. The van der Waals surface area contributed by atoms with Crippen LogP contribution < -0.4 is 5.32 Å². The fourth-order valence-corrected chi connectivity index (χ4v) is 2.60. The van der Waals surface area contributed by atoms with Crippen LogP contribution in [0.2, 0.25) is 5.02 Å². The number of nitrogens with zero attached hydrogens (tertiary/aromatic N) is 1. The predicted octanol–water partition coefficient (Wildman–Crippen LogP) is 2.57. The minimum absolute atomic E-state index is 0.729. The molecule has 1 aliphatic rings. The van der Waals surface area contributed by atoms with Gasteiger partial charge in [0, 0.05) is 24.2 Å². The minimum atomic E-state index is 0.729. The van der Waals surface area contributed by atoms with Crippen molar-refractivity contribution in [2.75, 3.05) is 26.2 Å². The van der Waals surface area contributed by atoms with Gasteiger partial charge in [-0.25, -0.2) is 0 Å². The van der Waals surface area contributed by atoms with Gasteiger partial charge in [0.15, 0.2) is 0 Å². The van der Waals surface area contributed by atoms with E-state index in [2.05, 4.69) is 29.3 Å². The van der Waals surface area contributed by atoms with Gasteiger partial charge in [-0.2, -0.15) is 0 Å². The molecule has 1 aromatic carbocycles. The van der Waals surface area contributed by atoms with E-state index in [-0.39, 0.29) is 0 Å². The maximum absolute atomic E-state index is 5.89. The van der Waals surface area contributed by atoms with Gasteiger partial charge >= 0.3 is 0 Å². The number of hydrogen-bond acceptors (Lipinski definition) is 2. The Kier molecular flexibility index (Phi) is 4.84. The SMILES string of the molecule is CCN(CCc1ccc(Cl)cc1)[C@@H]1CCNC1. The molecule has 0 aromatic heterocycles. The lowest BCUT2D eigenvalue weighted by molar-refractivity contribution is 0.222. The van der Waals surface area contributed by atoms with Crippen LogP contribution in [0.25, 0.3) is 0 Å². The zero-order valence-corrected chi connectivity index (χ0v) is 11.2. The van der Waals surface area contributed by atoms with Crippen molar-refractivity contribution in [2.45, 2.75) is 25.8 Å². The van der Waals surface area contributed by atoms with Crippen LogP contribution in [0.5, 0.6) is 0 Å². The van der Waals surface area contributed by atoms with E-state index in [4.69, 9.17) is 11.6 Å². The van der Waals surface area contributed by atoms with Crippen molar-refractivity contribution in [3.63, 3.8) is 0 Å². The molecule has 0 spiro atoms. The molecule has 0 aliphatic carbocycles. The van der Waals surface area contributed by atoms with Crippen molar-refractivity contribution in [1.82, 2.24) is 10.2 Å². The Morgan fingerprint density at radius 3 is 2.71 bits per heavy atom. The Bertz CT molecular complexity index is 331. The quantitative estimate of drug-likeness (QED) is 0.867. The van der Waals surface area contributed by atoms with Crippen LogP contribution in [0.1, 0.15) is 18.9 Å². The van der Waals surface area contributed by atoms with Gasteiger partial charge in [-0.05, 0) is 43.6 Å². The molecule has 1 aliphatic heterocycles. The number of rotatable bonds is 5. The Labute approximate surface area is 109 Å². The molecule has 0 saturated carbocycles. The maximum Gasteiger partial charge on any atom is 0.0406 e. The molecule has 0 bridgehead atoms. The van der Waals surface area contributed by atoms with Gasteiger partial charge in [0.05, 0.1) is 0 Å². The molecular weight excluding hydrogens is 232 g/mol. The summed E-state index contributed by atoms with van der Waals surface area (Å²) in [4.78, 5) is 2.58. The highest BCUT2D eigenvalue weighted by Crippen LogP contribution is 2.12. The molecule has 1 atom stereocenters. The molecular formula is C14H21ClN2. The average Bonchev–Trinajstić information content (AvgIpc) is 2.86. The van der Waals surface area contributed by atoms with Gasteiger partial charge < -0.3 is 5.32 Å². The lowest BCUT2D eigenvalue weighted by Crippen LogP contribution is -2.38. The number of likely N-dealkylation sites (N-methyl/N-ethyl adjacent to an activating group) is 1. The highest BCUT2D eigenvalue weighted by Gasteiger charge is 2.20. The van der Waals surface area contributed by atoms with Crippen LogP contribution in [-0.2, 0) is 6.42 Å². The lowest BCUT2D eigenvalue weighted by atomic mass is 10.1. The molecule has 94 valence electrons. The summed E-state index contributed by atoms with van der Waals surface area (Å²) in [5.74, 6) is 0. The van der Waals surface area contributed by atoms with Crippen LogP contribution in [0, 0.1) is 0 Å². The zero-order chi connectivity index (χ0) is 12.1. The first-order valence-corrected chi connectivity index (χ1v) is 6.86. The van der Waals surface area contributed by atoms with Crippen LogP contribution in [0.15, 0.2) is 24.3 Å². The van der Waals surface area contributed by atoms with Crippen LogP contribution in [0.4, 0.5) is 0 Å². The van der Waals surface area contributed by atoms with Crippen molar-refractivity contribution in [1.29, 1.82) is 0 Å². The van der Waals surface area contributed by atoms with E-state index >= 15 is 0 Å². The molecule has 1 aromatic rings. The van der Waals surface area contributed by atoms with E-state index in [0.717, 1.165) is 37.1 Å². The fraction of sp³-hybridized carbons (Fsp3) is 0.571. The average molecular weight is 253 g/mol. The van der Waals surface area contributed by atoms with E-state index in [9.17, 15) is 0 Å². The van der Waals surface area contributed by atoms with Crippen LogP contribution in [-0.4, -0.2) is 37.1 Å². The Balaban J connectivity index is 1.84. The van der Waals surface area contributed by atoms with E-state index < -0.39 is 0 Å². The van der Waals surface area contributed by atoms with E-state index in [0.29, 0.717) is 0 Å². The lowest BCUT2D eigenvalue weighted by Gasteiger charge is -2.26. The van der Waals surface area contributed by atoms with Crippen LogP contribution in [0.3, 0.4) is 0 Å². The van der Waals surface area contributed by atoms with Crippen molar-refractivity contribution in [3.05, 3.63) is 34.9 Å². The molecule has 1 heterocycles. The van der Waals surface area contributed by atoms with E-state index in [1.165, 1.54) is 18.5 Å². The monoisotopic (exact) mass is 252 g/mol. The summed E-state index contributed by atoms with van der Waals surface area (Å²) in [6, 6.07) is 8.94. The van der Waals surface area contributed by atoms with Crippen LogP contribution >= 0.6 is 11.6 Å². The number of benzene rings is 1. The first-order chi connectivity index (χ1) is 8.29. The first kappa shape index (κ1) is 12.9. The fourth-order valence-electron chi connectivity index (χ4n) is 2.47. The Hall–Kier alpha value is -0.570. The third kappa shape index (κ3) is 3.70. The second-order valence-electron chi connectivity index (χ2n) is 4.65. The highest BCUT2D eigenvalue weighted by atomic mass is 35.5. The van der Waals surface area contributed by atoms with E-state index in [1.807, 2.05) is 12.1 Å². The summed E-state index contributed by atoms with van der Waals surface area (Å²) in [5, 5.41) is 4.25. The molecule has 17 heavy (non-hydrogen) atoms. The Morgan fingerprint density at radius 2 is 2.12 bits per heavy atom. The van der Waals surface area contributed by atoms with Gasteiger partial charge in [0.1, 0.15) is 0 Å². The largest absolute Gasteiger partial charge is 0.315 e. The second kappa shape index (κ2) is 6.39. The van der Waals surface area contributed by atoms with Crippen molar-refractivity contribution < 1.29 is 0 Å². The standard InChI is InChI=1S/C14H21ClN2/c1-2-17(14-7-9-16-11-14)10-8-12-3-5-13(15)6-4-12/h3-6,14,16H,2,7-11H2,1H3/t14-/m1/s1. The third-order valence-electron chi connectivity index (χ3n) is 3.56. The third-order valence-corrected chi connectivity index (χ3v) is 3.81. The summed E-state index contributed by atoms with van der Waals surface area (Å²) >= 11 is 5.89. The van der Waals surface area contributed by atoms with Crippen molar-refractivity contribution in [2.24, 2.45) is 0 Å². The maximum atomic E-state index is 5.89. The molecule has 0 unspecified atom stereocenters. The minimum Gasteiger partial charge on any atom is -0.315 e. The van der Waals surface area contributed by atoms with Gasteiger partial charge in [-0.3, -0.25) is 4.90 Å². The topological polar surface area (TPSA) is 15.3 Å². The molecule has 3 heteroatoms. The second-order valence-corrected chi connectivity index (χ2v) is 5.09. The summed E-state index contributed by atoms with van der Waals surface area (Å²) in [6.45, 7) is 6.85. The molecule has 2 rings (SSSR count). The number of halogens is 1. The van der Waals surface area contributed by atoms with Gasteiger partial charge in [-0.1, -0.05) is 30.7 Å². The first-order valence-electron chi connectivity index (χ1n) is 6.49. The van der Waals surface area contributed by atoms with Gasteiger partial charge in [0.25, 0.3) is 0 Å². The number of hydrogen-bond donors (Lipinski definition) is 1. The zero-order valence-electron chi connectivity index (χ0n) is 10.5. The predicted molar refractivity (Wildman–Crippen MR) is 73.7 cm³/mol. The molecule has 2 nitrogen and oxygen atoms in total. The van der Waals surface area contributed by atoms with Crippen molar-refractivity contribution in [3.8, 4) is 0 Å².